The first-order valence-corrected chi connectivity index (χ1v) is 27.3. The lowest BCUT2D eigenvalue weighted by Gasteiger charge is -2.23. The zero-order valence-corrected chi connectivity index (χ0v) is 47.2. The molecule has 4 unspecified atom stereocenters. The van der Waals surface area contributed by atoms with Gasteiger partial charge in [-0.15, -0.1) is 6.58 Å². The van der Waals surface area contributed by atoms with E-state index < -0.39 is 18.0 Å². The third-order valence-corrected chi connectivity index (χ3v) is 14.5. The first-order chi connectivity index (χ1) is 38.0. The fourth-order valence-corrected chi connectivity index (χ4v) is 10.1. The number of carbonyl (C=O) groups is 5. The van der Waals surface area contributed by atoms with Crippen LogP contribution >= 0.6 is 0 Å². The van der Waals surface area contributed by atoms with E-state index in [1.165, 1.54) is 19.8 Å². The van der Waals surface area contributed by atoms with Gasteiger partial charge in [0.2, 0.25) is 5.91 Å². The maximum atomic E-state index is 14.2. The lowest BCUT2D eigenvalue weighted by molar-refractivity contribution is -0.140. The van der Waals surface area contributed by atoms with Crippen molar-refractivity contribution in [2.45, 2.75) is 106 Å². The number of esters is 1. The second-order valence-corrected chi connectivity index (χ2v) is 20.4. The number of amides is 1. The molecule has 0 aliphatic heterocycles. The fraction of sp³-hybridized carbons (Fsp3) is 0.358. The molecule has 0 spiro atoms. The molecule has 3 aliphatic rings. The normalized spacial score (nSPS) is 17.8. The average molecular weight is 1070 g/mol. The van der Waals surface area contributed by atoms with E-state index in [-0.39, 0.29) is 84.8 Å². The highest BCUT2D eigenvalue weighted by atomic mass is 16.5. The number of nitrogens with one attached hydrogen (secondary N) is 1. The Morgan fingerprint density at radius 3 is 2.13 bits per heavy atom. The number of ether oxygens (including phenoxy) is 5. The zero-order valence-electron chi connectivity index (χ0n) is 47.2. The summed E-state index contributed by atoms with van der Waals surface area (Å²) in [6.07, 6.45) is 24.7. The monoisotopic (exact) mass is 1070 g/mol. The van der Waals surface area contributed by atoms with Crippen LogP contribution in [0.15, 0.2) is 156 Å². The zero-order chi connectivity index (χ0) is 57.2. The molecule has 0 aromatic heterocycles. The molecule has 1 amide bonds. The molecule has 0 radical (unpaired) electrons. The van der Waals surface area contributed by atoms with Crippen molar-refractivity contribution in [3.05, 3.63) is 184 Å². The molecule has 2 N–H and O–H groups in total. The summed E-state index contributed by atoms with van der Waals surface area (Å²) in [5.74, 6) is -0.232. The Morgan fingerprint density at radius 1 is 0.797 bits per heavy atom. The van der Waals surface area contributed by atoms with E-state index in [0.29, 0.717) is 88.6 Å². The Kier molecular flexibility index (Phi) is 22.3. The van der Waals surface area contributed by atoms with Crippen molar-refractivity contribution in [1.29, 1.82) is 0 Å². The number of aliphatic hydroxyl groups is 1. The van der Waals surface area contributed by atoms with Crippen molar-refractivity contribution in [3.63, 3.8) is 0 Å². The predicted molar refractivity (Wildman–Crippen MR) is 313 cm³/mol. The van der Waals surface area contributed by atoms with Crippen molar-refractivity contribution >= 4 is 47.1 Å². The second-order valence-electron chi connectivity index (χ2n) is 20.4. The summed E-state index contributed by atoms with van der Waals surface area (Å²) >= 11 is 0. The van der Waals surface area contributed by atoms with Gasteiger partial charge >= 0.3 is 5.97 Å². The predicted octanol–water partition coefficient (Wildman–Crippen LogP) is 13.8. The fourth-order valence-electron chi connectivity index (χ4n) is 10.1. The van der Waals surface area contributed by atoms with E-state index in [2.05, 4.69) is 24.6 Å². The molecule has 12 heteroatoms. The first-order valence-electron chi connectivity index (χ1n) is 27.3. The van der Waals surface area contributed by atoms with Crippen molar-refractivity contribution in [3.8, 4) is 23.0 Å². The summed E-state index contributed by atoms with van der Waals surface area (Å²) in [6, 6.07) is 13.7. The van der Waals surface area contributed by atoms with Gasteiger partial charge < -0.3 is 34.1 Å². The summed E-state index contributed by atoms with van der Waals surface area (Å²) in [5.41, 5.74) is 7.70. The van der Waals surface area contributed by atoms with Crippen LogP contribution in [-0.2, 0) is 25.7 Å². The number of methoxy groups -OCH3 is 2. The smallest absolute Gasteiger partial charge is 0.334 e. The van der Waals surface area contributed by atoms with Crippen LogP contribution in [0.5, 0.6) is 23.0 Å². The summed E-state index contributed by atoms with van der Waals surface area (Å²) in [7, 11) is 3.00. The van der Waals surface area contributed by atoms with Gasteiger partial charge in [0.05, 0.1) is 33.5 Å². The number of aliphatic hydroxyl groups excluding tert-OH is 1. The highest BCUT2D eigenvalue weighted by Gasteiger charge is 2.33. The van der Waals surface area contributed by atoms with Crippen LogP contribution < -0.4 is 24.3 Å². The molecule has 0 saturated carbocycles. The van der Waals surface area contributed by atoms with Gasteiger partial charge in [-0.2, -0.15) is 0 Å². The summed E-state index contributed by atoms with van der Waals surface area (Å²) < 4.78 is 29.8. The summed E-state index contributed by atoms with van der Waals surface area (Å²) in [5, 5.41) is 14.7. The molecule has 12 nitrogen and oxygen atoms in total. The number of Topliss-reactive ketones (excluding diaryl/α,β-unsaturated/α-hetero) is 2. The lowest BCUT2D eigenvalue weighted by atomic mass is 9.83. The molecule has 79 heavy (non-hydrogen) atoms. The molecular formula is C67H77NO11. The maximum absolute atomic E-state index is 14.2. The number of benzene rings is 3. The minimum absolute atomic E-state index is 0.0511. The number of hydrogen-bond donors (Lipinski definition) is 2. The number of rotatable bonds is 26. The molecule has 4 atom stereocenters. The highest BCUT2D eigenvalue weighted by Crippen LogP contribution is 2.40. The largest absolute Gasteiger partial charge is 0.493 e. The van der Waals surface area contributed by atoms with Gasteiger partial charge in [-0.25, -0.2) is 4.79 Å². The molecule has 3 aliphatic carbocycles. The summed E-state index contributed by atoms with van der Waals surface area (Å²) in [4.78, 5) is 67.9. The standard InChI is InChI=1S/C67H77NO11/c1-11-18-44-22-25-49(47(13-3)30-44)34-59(70)56-39-62(75-9)64(37-48(56)14-4)77-28-17-29-78-65-38-51-33-52(36-61(72)55-32-46(19-12-2)31-50(55)35-60(71)57(51)40-63(65)76-10)67(74)79-41-45-23-26-53(27-24-45)68-66(73)43(8)20-16-21-58(69)54(15-5)42(6)7/h11-15,18-19,22-27,31,33,35,37-40,42-43,47,55,61,72H,3-4,16-17,20-21,28-30,32,34,36,41H2,1-2,5-10H3,(H,68,73)/b18-11?,19-12?,50-35?,52-33?,54-15+. The number of fused-ring (bicyclic) bond motifs is 2. The Bertz CT molecular complexity index is 3030. The number of ketones is 3. The summed E-state index contributed by atoms with van der Waals surface area (Å²) in [6.45, 7) is 19.9. The molecular weight excluding hydrogens is 995 g/mol. The van der Waals surface area contributed by atoms with Gasteiger partial charge in [0, 0.05) is 65.8 Å². The van der Waals surface area contributed by atoms with Crippen molar-refractivity contribution in [1.82, 2.24) is 0 Å². The second kappa shape index (κ2) is 29.2. The van der Waals surface area contributed by atoms with Crippen molar-refractivity contribution in [2.75, 3.05) is 32.8 Å². The van der Waals surface area contributed by atoms with Crippen LogP contribution in [0.25, 0.3) is 12.2 Å². The van der Waals surface area contributed by atoms with Crippen molar-refractivity contribution < 1.29 is 52.8 Å². The van der Waals surface area contributed by atoms with E-state index >= 15 is 0 Å². The van der Waals surface area contributed by atoms with E-state index in [1.807, 2.05) is 90.2 Å². The van der Waals surface area contributed by atoms with Crippen molar-refractivity contribution in [2.24, 2.45) is 23.7 Å². The number of hydrogen-bond acceptors (Lipinski definition) is 11. The van der Waals surface area contributed by atoms with Crippen LogP contribution in [-0.4, -0.2) is 67.9 Å². The van der Waals surface area contributed by atoms with Gasteiger partial charge in [0.15, 0.2) is 40.3 Å². The third kappa shape index (κ3) is 16.1. The Balaban J connectivity index is 1.15. The minimum atomic E-state index is -1.03. The SMILES string of the molecule is C=Cc1cc(OCCCOc2cc3c(cc2OC)C(=O)C=C2C=C(C=CC)CC2C(O)CC(C(=O)OCc2ccc(NC(=O)C(C)CCCC(=O)/C(=C/C)C(C)C)cc2)=C3)c(OC)cc1C(=O)CC1=CC=C(C=CC)CC1C=C. The van der Waals surface area contributed by atoms with E-state index in [9.17, 15) is 29.1 Å². The van der Waals surface area contributed by atoms with Crippen LogP contribution in [0, 0.1) is 23.7 Å². The molecule has 0 heterocycles. The Morgan fingerprint density at radius 2 is 1.48 bits per heavy atom. The van der Waals surface area contributed by atoms with E-state index in [4.69, 9.17) is 23.7 Å². The quantitative estimate of drug-likeness (QED) is 0.0258. The van der Waals surface area contributed by atoms with E-state index in [1.54, 1.807) is 66.8 Å². The first kappa shape index (κ1) is 60.4. The Labute approximate surface area is 466 Å². The molecule has 3 aromatic carbocycles. The molecule has 0 bridgehead atoms. The van der Waals surface area contributed by atoms with Gasteiger partial charge in [0.1, 0.15) is 6.61 Å². The van der Waals surface area contributed by atoms with Crippen LogP contribution in [0.1, 0.15) is 130 Å². The van der Waals surface area contributed by atoms with Gasteiger partial charge in [-0.3, -0.25) is 19.2 Å². The molecule has 3 aromatic rings. The molecule has 6 rings (SSSR count). The highest BCUT2D eigenvalue weighted by molar-refractivity contribution is 6.09. The molecule has 416 valence electrons. The topological polar surface area (TPSA) is 164 Å². The van der Waals surface area contributed by atoms with Gasteiger partial charge in [-0.1, -0.05) is 106 Å². The van der Waals surface area contributed by atoms with E-state index in [0.717, 1.165) is 23.1 Å². The third-order valence-electron chi connectivity index (χ3n) is 14.5. The van der Waals surface area contributed by atoms with Crippen LogP contribution in [0.3, 0.4) is 0 Å². The van der Waals surface area contributed by atoms with Crippen LogP contribution in [0.2, 0.25) is 0 Å². The van der Waals surface area contributed by atoms with Gasteiger partial charge in [-0.05, 0) is 140 Å². The lowest BCUT2D eigenvalue weighted by Crippen LogP contribution is -2.24. The number of carbonyl (C=O) groups excluding carboxylic acids is 5. The Hall–Kier alpha value is -7.83. The molecule has 0 saturated heterocycles. The minimum Gasteiger partial charge on any atom is -0.493 e. The van der Waals surface area contributed by atoms with Crippen LogP contribution in [0.4, 0.5) is 5.69 Å². The number of allylic oxidation sites excluding steroid dienone is 14. The maximum Gasteiger partial charge on any atom is 0.334 e. The number of anilines is 1. The molecule has 0 fully saturated rings. The van der Waals surface area contributed by atoms with Gasteiger partial charge in [0.25, 0.3) is 0 Å². The average Bonchev–Trinajstić information content (AvgIpc) is 3.84.